The van der Waals surface area contributed by atoms with Crippen LogP contribution in [0.4, 0.5) is 14.6 Å². The lowest BCUT2D eigenvalue weighted by Gasteiger charge is -2.22. The number of nitrogens with one attached hydrogen (secondary N) is 1. The van der Waals surface area contributed by atoms with E-state index in [1.54, 1.807) is 23.0 Å². The number of aryl methyl sites for hydroxylation is 1. The average molecular weight is 434 g/mol. The molecule has 1 aromatic carbocycles. The van der Waals surface area contributed by atoms with E-state index in [-0.39, 0.29) is 23.6 Å². The summed E-state index contributed by atoms with van der Waals surface area (Å²) in [4.78, 5) is 3.02. The first-order chi connectivity index (χ1) is 14.4. The number of aromatic nitrogens is 3. The zero-order chi connectivity index (χ0) is 21.3. The van der Waals surface area contributed by atoms with Gasteiger partial charge in [-0.25, -0.2) is 17.8 Å². The van der Waals surface area contributed by atoms with Crippen LogP contribution in [0.2, 0.25) is 0 Å². The number of benzene rings is 1. The first-order valence-corrected chi connectivity index (χ1v) is 10.9. The van der Waals surface area contributed by atoms with Crippen LogP contribution in [0.15, 0.2) is 53.7 Å². The van der Waals surface area contributed by atoms with E-state index in [4.69, 9.17) is 4.74 Å². The van der Waals surface area contributed by atoms with Gasteiger partial charge in [0, 0.05) is 31.1 Å². The number of anilines is 1. The Hall–Kier alpha value is -3.01. The van der Waals surface area contributed by atoms with Gasteiger partial charge in [-0.15, -0.1) is 0 Å². The Bertz CT molecular complexity index is 1150. The first-order valence-electron chi connectivity index (χ1n) is 9.43. The lowest BCUT2D eigenvalue weighted by Crippen LogP contribution is -2.23. The predicted octanol–water partition coefficient (Wildman–Crippen LogP) is 3.61. The van der Waals surface area contributed by atoms with Crippen LogP contribution in [0.25, 0.3) is 0 Å². The number of sulfonamides is 1. The number of rotatable bonds is 6. The Morgan fingerprint density at radius 2 is 1.93 bits per heavy atom. The summed E-state index contributed by atoms with van der Waals surface area (Å²) >= 11 is 0. The minimum Gasteiger partial charge on any atom is -0.487 e. The smallest absolute Gasteiger partial charge is 0.266 e. The van der Waals surface area contributed by atoms with Gasteiger partial charge in [0.05, 0.1) is 0 Å². The molecule has 30 heavy (non-hydrogen) atoms. The van der Waals surface area contributed by atoms with Crippen molar-refractivity contribution in [3.05, 3.63) is 66.1 Å². The highest BCUT2D eigenvalue weighted by molar-refractivity contribution is 7.92. The van der Waals surface area contributed by atoms with Gasteiger partial charge < -0.3 is 4.74 Å². The molecule has 1 N–H and O–H groups in total. The topological polar surface area (TPSA) is 86.1 Å². The van der Waals surface area contributed by atoms with Crippen LogP contribution in [-0.2, 0) is 17.1 Å². The van der Waals surface area contributed by atoms with E-state index in [1.165, 1.54) is 12.3 Å². The van der Waals surface area contributed by atoms with Crippen LogP contribution >= 0.6 is 0 Å². The summed E-state index contributed by atoms with van der Waals surface area (Å²) in [6, 6.07) is 8.59. The van der Waals surface area contributed by atoms with Gasteiger partial charge in [0.1, 0.15) is 16.8 Å². The van der Waals surface area contributed by atoms with Crippen molar-refractivity contribution in [2.75, 3.05) is 4.72 Å². The van der Waals surface area contributed by atoms with Gasteiger partial charge in [0.25, 0.3) is 10.0 Å². The average Bonchev–Trinajstić information content (AvgIpc) is 3.34. The Morgan fingerprint density at radius 3 is 2.63 bits per heavy atom. The molecule has 0 bridgehead atoms. The number of ether oxygens (including phenoxy) is 1. The van der Waals surface area contributed by atoms with E-state index in [0.717, 1.165) is 30.7 Å². The maximum absolute atomic E-state index is 14.7. The molecule has 0 spiro atoms. The van der Waals surface area contributed by atoms with Gasteiger partial charge in [-0.3, -0.25) is 9.40 Å². The number of nitrogens with zero attached hydrogens (tertiary/aromatic N) is 3. The molecule has 3 aromatic rings. The molecule has 0 aliphatic heterocycles. The molecular formula is C20H20F2N4O3S. The molecule has 10 heteroatoms. The summed E-state index contributed by atoms with van der Waals surface area (Å²) in [7, 11) is -2.54. The summed E-state index contributed by atoms with van der Waals surface area (Å²) in [5.74, 6) is -3.15. The third-order valence-corrected chi connectivity index (χ3v) is 6.55. The van der Waals surface area contributed by atoms with Crippen molar-refractivity contribution in [1.82, 2.24) is 14.8 Å². The molecule has 7 nitrogen and oxygen atoms in total. The van der Waals surface area contributed by atoms with Crippen molar-refractivity contribution in [3.8, 4) is 5.75 Å². The van der Waals surface area contributed by atoms with E-state index in [0.29, 0.717) is 6.42 Å². The van der Waals surface area contributed by atoms with Crippen LogP contribution in [0.3, 0.4) is 0 Å². The Balaban J connectivity index is 1.58. The third-order valence-electron chi connectivity index (χ3n) is 5.17. The Kier molecular flexibility index (Phi) is 5.42. The molecular weight excluding hydrogens is 414 g/mol. The highest BCUT2D eigenvalue weighted by Crippen LogP contribution is 2.38. The number of hydrogen-bond acceptors (Lipinski definition) is 5. The van der Waals surface area contributed by atoms with Gasteiger partial charge in [0.2, 0.25) is 5.82 Å². The summed E-state index contributed by atoms with van der Waals surface area (Å²) in [5, 5.41) is 4.16. The second kappa shape index (κ2) is 8.02. The number of halogens is 2. The van der Waals surface area contributed by atoms with Gasteiger partial charge in [0.15, 0.2) is 11.6 Å². The molecule has 1 fully saturated rings. The molecule has 0 saturated heterocycles. The number of pyridine rings is 1. The summed E-state index contributed by atoms with van der Waals surface area (Å²) in [5.41, 5.74) is 0.956. The largest absolute Gasteiger partial charge is 0.487 e. The minimum absolute atomic E-state index is 0.00242. The van der Waals surface area contributed by atoms with E-state index < -0.39 is 26.6 Å². The Morgan fingerprint density at radius 1 is 1.10 bits per heavy atom. The molecule has 1 aliphatic rings. The predicted molar refractivity (Wildman–Crippen MR) is 106 cm³/mol. The summed E-state index contributed by atoms with van der Waals surface area (Å²) in [6.45, 7) is 0. The first kappa shape index (κ1) is 20.3. The van der Waals surface area contributed by atoms with E-state index in [1.807, 2.05) is 13.1 Å². The second-order valence-electron chi connectivity index (χ2n) is 7.08. The molecule has 2 heterocycles. The lowest BCUT2D eigenvalue weighted by molar-refractivity contribution is 0.176. The van der Waals surface area contributed by atoms with Gasteiger partial charge in [-0.05, 0) is 49.6 Å². The lowest BCUT2D eigenvalue weighted by atomic mass is 10.0. The van der Waals surface area contributed by atoms with Crippen molar-refractivity contribution in [2.24, 2.45) is 7.05 Å². The maximum atomic E-state index is 14.7. The highest BCUT2D eigenvalue weighted by atomic mass is 32.2. The normalized spacial score (nSPS) is 19.0. The van der Waals surface area contributed by atoms with Gasteiger partial charge in [-0.2, -0.15) is 9.49 Å². The van der Waals surface area contributed by atoms with E-state index in [9.17, 15) is 17.2 Å². The molecule has 0 amide bonds. The monoisotopic (exact) mass is 434 g/mol. The molecule has 1 saturated carbocycles. The molecule has 2 atom stereocenters. The molecule has 0 unspecified atom stereocenters. The van der Waals surface area contributed by atoms with Crippen molar-refractivity contribution in [1.29, 1.82) is 0 Å². The SMILES string of the molecule is Cn1nccc1[C@H]1CCC[C@@H]1Oc1ccc(S(=O)(=O)Nc2ccccn2)c(F)c1F. The number of hydrogen-bond donors (Lipinski definition) is 1. The fraction of sp³-hybridized carbons (Fsp3) is 0.300. The zero-order valence-electron chi connectivity index (χ0n) is 16.1. The molecule has 2 aromatic heterocycles. The third kappa shape index (κ3) is 3.87. The van der Waals surface area contributed by atoms with E-state index >= 15 is 0 Å². The Labute approximate surface area is 172 Å². The van der Waals surface area contributed by atoms with Crippen molar-refractivity contribution < 1.29 is 21.9 Å². The molecule has 4 rings (SSSR count). The fourth-order valence-electron chi connectivity index (χ4n) is 3.74. The summed E-state index contributed by atoms with van der Waals surface area (Å²) in [6.07, 6.45) is 5.10. The van der Waals surface area contributed by atoms with Gasteiger partial charge in [-0.1, -0.05) is 6.07 Å². The second-order valence-corrected chi connectivity index (χ2v) is 8.73. The summed E-state index contributed by atoms with van der Waals surface area (Å²) < 4.78 is 64.0. The standard InChI is InChI=1S/C20H20F2N4O3S/c1-26-14(10-12-24-26)13-5-4-6-15(13)29-16-8-9-17(20(22)19(16)21)30(27,28)25-18-7-2-3-11-23-18/h2-3,7-13,15H,4-6H2,1H3,(H,23,25)/t13-,15+/m1/s1. The van der Waals surface area contributed by atoms with Crippen LogP contribution in [0, 0.1) is 11.6 Å². The molecule has 1 aliphatic carbocycles. The zero-order valence-corrected chi connectivity index (χ0v) is 16.9. The van der Waals surface area contributed by atoms with Gasteiger partial charge >= 0.3 is 0 Å². The molecule has 0 radical (unpaired) electrons. The van der Waals surface area contributed by atoms with Crippen LogP contribution in [0.1, 0.15) is 30.9 Å². The van der Waals surface area contributed by atoms with Crippen molar-refractivity contribution in [3.63, 3.8) is 0 Å². The maximum Gasteiger partial charge on any atom is 0.266 e. The van der Waals surface area contributed by atoms with Crippen LogP contribution in [0.5, 0.6) is 5.75 Å². The fourth-order valence-corrected chi connectivity index (χ4v) is 4.82. The van der Waals surface area contributed by atoms with E-state index in [2.05, 4.69) is 14.8 Å². The quantitative estimate of drug-likeness (QED) is 0.641. The minimum atomic E-state index is -4.36. The van der Waals surface area contributed by atoms with Crippen molar-refractivity contribution in [2.45, 2.75) is 36.2 Å². The van der Waals surface area contributed by atoms with Crippen molar-refractivity contribution >= 4 is 15.8 Å². The molecule has 158 valence electrons. The highest BCUT2D eigenvalue weighted by Gasteiger charge is 2.34. The van der Waals surface area contributed by atoms with Crippen LogP contribution in [-0.4, -0.2) is 29.3 Å². The van der Waals surface area contributed by atoms with Crippen LogP contribution < -0.4 is 9.46 Å².